The van der Waals surface area contributed by atoms with E-state index in [-0.39, 0.29) is 18.9 Å². The first-order valence-corrected chi connectivity index (χ1v) is 8.45. The molecule has 1 aromatic rings. The number of rotatable bonds is 7. The number of carboxylic acid groups (broad SMARTS) is 1. The van der Waals surface area contributed by atoms with Crippen LogP contribution in [0.3, 0.4) is 0 Å². The molecule has 1 aromatic carbocycles. The molecule has 0 aliphatic carbocycles. The van der Waals surface area contributed by atoms with Crippen molar-refractivity contribution >= 4 is 16.0 Å². The van der Waals surface area contributed by atoms with E-state index >= 15 is 0 Å². The fourth-order valence-electron chi connectivity index (χ4n) is 2.37. The zero-order valence-electron chi connectivity index (χ0n) is 11.6. The van der Waals surface area contributed by atoms with E-state index in [1.165, 1.54) is 0 Å². The van der Waals surface area contributed by atoms with Gasteiger partial charge in [-0.15, -0.1) is 0 Å². The van der Waals surface area contributed by atoms with Crippen LogP contribution < -0.4 is 0 Å². The molecule has 2 rings (SSSR count). The van der Waals surface area contributed by atoms with Gasteiger partial charge >= 0.3 is 5.97 Å². The number of hydrogen-bond donors (Lipinski definition) is 1. The van der Waals surface area contributed by atoms with Crippen molar-refractivity contribution in [2.45, 2.75) is 25.5 Å². The molecule has 0 bridgehead atoms. The van der Waals surface area contributed by atoms with Crippen molar-refractivity contribution in [3.63, 3.8) is 0 Å². The van der Waals surface area contributed by atoms with Gasteiger partial charge in [-0.3, -0.25) is 4.79 Å². The van der Waals surface area contributed by atoms with Gasteiger partial charge < -0.3 is 9.84 Å². The molecule has 1 N–H and O–H groups in total. The average Bonchev–Trinajstić information content (AvgIpc) is 2.95. The number of benzene rings is 1. The third kappa shape index (κ3) is 4.26. The highest BCUT2D eigenvalue weighted by molar-refractivity contribution is 7.89. The van der Waals surface area contributed by atoms with Crippen LogP contribution in [0.4, 0.5) is 0 Å². The molecule has 0 unspecified atom stereocenters. The molecule has 0 saturated carbocycles. The van der Waals surface area contributed by atoms with Crippen molar-refractivity contribution in [1.82, 2.24) is 4.31 Å². The molecular formula is C14H19NO5S. The Balaban J connectivity index is 1.83. The molecule has 0 radical (unpaired) electrons. The van der Waals surface area contributed by atoms with Crippen LogP contribution in [0.5, 0.6) is 0 Å². The Labute approximate surface area is 124 Å². The Bertz CT molecular complexity index is 572. The second-order valence-electron chi connectivity index (χ2n) is 4.96. The summed E-state index contributed by atoms with van der Waals surface area (Å²) < 4.78 is 30.7. The number of carbonyl (C=O) groups is 1. The maximum Gasteiger partial charge on any atom is 0.322 e. The lowest BCUT2D eigenvalue weighted by Crippen LogP contribution is -2.42. The molecular weight excluding hydrogens is 294 g/mol. The van der Waals surface area contributed by atoms with Gasteiger partial charge in [-0.2, -0.15) is 4.31 Å². The molecule has 0 spiro atoms. The number of nitrogens with zero attached hydrogens (tertiary/aromatic N) is 1. The summed E-state index contributed by atoms with van der Waals surface area (Å²) >= 11 is 0. The molecule has 1 atom stereocenters. The van der Waals surface area contributed by atoms with Crippen molar-refractivity contribution in [2.75, 3.05) is 18.9 Å². The Morgan fingerprint density at radius 3 is 2.71 bits per heavy atom. The summed E-state index contributed by atoms with van der Waals surface area (Å²) in [5.41, 5.74) is 0.972. The molecule has 1 fully saturated rings. The predicted octanol–water partition coefficient (Wildman–Crippen LogP) is 1.08. The zero-order chi connectivity index (χ0) is 15.3. The van der Waals surface area contributed by atoms with E-state index in [4.69, 9.17) is 9.84 Å². The summed E-state index contributed by atoms with van der Waals surface area (Å²) in [7, 11) is -3.58. The van der Waals surface area contributed by atoms with E-state index in [1.54, 1.807) is 0 Å². The molecule has 6 nitrogen and oxygen atoms in total. The monoisotopic (exact) mass is 313 g/mol. The molecule has 0 amide bonds. The molecule has 1 heterocycles. The smallest absolute Gasteiger partial charge is 0.322 e. The Morgan fingerprint density at radius 1 is 1.33 bits per heavy atom. The maximum atomic E-state index is 12.1. The minimum atomic E-state index is -3.58. The second kappa shape index (κ2) is 7.02. The molecule has 0 aromatic heterocycles. The number of aliphatic carboxylic acids is 1. The van der Waals surface area contributed by atoms with Gasteiger partial charge in [0.15, 0.2) is 0 Å². The van der Waals surface area contributed by atoms with Crippen molar-refractivity contribution < 1.29 is 23.1 Å². The Morgan fingerprint density at radius 2 is 2.05 bits per heavy atom. The molecule has 21 heavy (non-hydrogen) atoms. The van der Waals surface area contributed by atoms with Crippen molar-refractivity contribution in [3.8, 4) is 0 Å². The van der Waals surface area contributed by atoms with E-state index in [0.717, 1.165) is 9.87 Å². The maximum absolute atomic E-state index is 12.1. The fraction of sp³-hybridized carbons (Fsp3) is 0.500. The van der Waals surface area contributed by atoms with Gasteiger partial charge in [0.1, 0.15) is 6.04 Å². The molecule has 1 aliphatic rings. The first-order valence-electron chi connectivity index (χ1n) is 6.85. The molecule has 7 heteroatoms. The van der Waals surface area contributed by atoms with Gasteiger partial charge in [-0.25, -0.2) is 8.42 Å². The lowest BCUT2D eigenvalue weighted by atomic mass is 10.2. The van der Waals surface area contributed by atoms with Gasteiger partial charge in [0.25, 0.3) is 0 Å². The SMILES string of the molecule is O=C(O)[C@@H]1CCCN1S(=O)(=O)CCOCc1ccccc1. The van der Waals surface area contributed by atoms with Crippen LogP contribution in [0.2, 0.25) is 0 Å². The largest absolute Gasteiger partial charge is 0.480 e. The third-order valence-corrected chi connectivity index (χ3v) is 5.28. The van der Waals surface area contributed by atoms with Crippen molar-refractivity contribution in [2.24, 2.45) is 0 Å². The van der Waals surface area contributed by atoms with Crippen LogP contribution in [0, 0.1) is 0 Å². The van der Waals surface area contributed by atoms with Crippen LogP contribution in [0.25, 0.3) is 0 Å². The lowest BCUT2D eigenvalue weighted by Gasteiger charge is -2.20. The van der Waals surface area contributed by atoms with Crippen LogP contribution in [0.1, 0.15) is 18.4 Å². The minimum Gasteiger partial charge on any atom is -0.480 e. The predicted molar refractivity (Wildman–Crippen MR) is 77.2 cm³/mol. The Hall–Kier alpha value is -1.44. The first-order chi connectivity index (χ1) is 10.0. The highest BCUT2D eigenvalue weighted by Gasteiger charge is 2.38. The molecule has 116 valence electrons. The van der Waals surface area contributed by atoms with Crippen molar-refractivity contribution in [3.05, 3.63) is 35.9 Å². The highest BCUT2D eigenvalue weighted by Crippen LogP contribution is 2.21. The van der Waals surface area contributed by atoms with Crippen LogP contribution in [0.15, 0.2) is 30.3 Å². The average molecular weight is 313 g/mol. The normalized spacial score (nSPS) is 19.7. The fourth-order valence-corrected chi connectivity index (χ4v) is 3.92. The quantitative estimate of drug-likeness (QED) is 0.762. The van der Waals surface area contributed by atoms with Crippen LogP contribution >= 0.6 is 0 Å². The standard InChI is InChI=1S/C14H19NO5S/c16-14(17)13-7-4-8-15(13)21(18,19)10-9-20-11-12-5-2-1-3-6-12/h1-3,5-6,13H,4,7-11H2,(H,16,17)/t13-/m0/s1. The zero-order valence-corrected chi connectivity index (χ0v) is 12.5. The summed E-state index contributed by atoms with van der Waals surface area (Å²) in [6.07, 6.45) is 0.959. The number of ether oxygens (including phenoxy) is 1. The van der Waals surface area contributed by atoms with E-state index in [0.29, 0.717) is 19.4 Å². The van der Waals surface area contributed by atoms with E-state index in [9.17, 15) is 13.2 Å². The van der Waals surface area contributed by atoms with Gasteiger partial charge in [0.2, 0.25) is 10.0 Å². The van der Waals surface area contributed by atoms with Gasteiger partial charge in [0, 0.05) is 6.54 Å². The van der Waals surface area contributed by atoms with Crippen molar-refractivity contribution in [1.29, 1.82) is 0 Å². The number of sulfonamides is 1. The molecule has 1 saturated heterocycles. The highest BCUT2D eigenvalue weighted by atomic mass is 32.2. The minimum absolute atomic E-state index is 0.0556. The van der Waals surface area contributed by atoms with Gasteiger partial charge in [-0.1, -0.05) is 30.3 Å². The summed E-state index contributed by atoms with van der Waals surface area (Å²) in [5.74, 6) is -1.27. The lowest BCUT2D eigenvalue weighted by molar-refractivity contribution is -0.140. The third-order valence-electron chi connectivity index (χ3n) is 3.44. The summed E-state index contributed by atoms with van der Waals surface area (Å²) in [5, 5.41) is 9.03. The summed E-state index contributed by atoms with van der Waals surface area (Å²) in [6, 6.07) is 8.54. The first kappa shape index (κ1) is 15.9. The van der Waals surface area contributed by atoms with E-state index in [1.807, 2.05) is 30.3 Å². The van der Waals surface area contributed by atoms with E-state index in [2.05, 4.69) is 0 Å². The van der Waals surface area contributed by atoms with Gasteiger partial charge in [-0.05, 0) is 18.4 Å². The number of carboxylic acids is 1. The molecule has 1 aliphatic heterocycles. The summed E-state index contributed by atoms with van der Waals surface area (Å²) in [6.45, 7) is 0.677. The summed E-state index contributed by atoms with van der Waals surface area (Å²) in [4.78, 5) is 11.0. The second-order valence-corrected chi connectivity index (χ2v) is 7.00. The topological polar surface area (TPSA) is 83.9 Å². The number of hydrogen-bond acceptors (Lipinski definition) is 4. The van der Waals surface area contributed by atoms with Crippen LogP contribution in [-0.4, -0.2) is 48.7 Å². The van der Waals surface area contributed by atoms with Crippen LogP contribution in [-0.2, 0) is 26.2 Å². The Kier molecular flexibility index (Phi) is 5.33. The van der Waals surface area contributed by atoms with Gasteiger partial charge in [0.05, 0.1) is 19.0 Å². The van der Waals surface area contributed by atoms with E-state index < -0.39 is 22.0 Å².